The van der Waals surface area contributed by atoms with Gasteiger partial charge in [0.15, 0.2) is 0 Å². The summed E-state index contributed by atoms with van der Waals surface area (Å²) in [6.45, 7) is 0. The van der Waals surface area contributed by atoms with Gasteiger partial charge < -0.3 is 10.8 Å². The number of carbonyl (C=O) groups is 1. The van der Waals surface area contributed by atoms with Crippen LogP contribution in [-0.2, 0) is 4.79 Å². The first-order valence-corrected chi connectivity index (χ1v) is 5.22. The molecule has 0 saturated carbocycles. The van der Waals surface area contributed by atoms with Crippen molar-refractivity contribution in [2.24, 2.45) is 5.73 Å². The fourth-order valence-electron chi connectivity index (χ4n) is 1.19. The molecule has 1 rings (SSSR count). The van der Waals surface area contributed by atoms with Gasteiger partial charge in [-0.05, 0) is 40.0 Å². The first kappa shape index (κ1) is 12.1. The van der Waals surface area contributed by atoms with Crippen LogP contribution >= 0.6 is 15.9 Å². The van der Waals surface area contributed by atoms with Crippen molar-refractivity contribution in [3.05, 3.63) is 34.1 Å². The number of benzene rings is 1. The Morgan fingerprint density at radius 3 is 2.80 bits per heavy atom. The van der Waals surface area contributed by atoms with Gasteiger partial charge >= 0.3 is 5.97 Å². The zero-order chi connectivity index (χ0) is 11.4. The number of hydrogen-bond acceptors (Lipinski definition) is 2. The predicted molar refractivity (Wildman–Crippen MR) is 57.9 cm³/mol. The Kier molecular flexibility index (Phi) is 4.23. The monoisotopic (exact) mass is 275 g/mol. The van der Waals surface area contributed by atoms with E-state index in [1.165, 1.54) is 6.07 Å². The maximum Gasteiger partial charge on any atom is 0.303 e. The van der Waals surface area contributed by atoms with Gasteiger partial charge in [-0.15, -0.1) is 0 Å². The van der Waals surface area contributed by atoms with Crippen molar-refractivity contribution in [2.75, 3.05) is 0 Å². The lowest BCUT2D eigenvalue weighted by atomic mass is 10.0. The molecule has 82 valence electrons. The van der Waals surface area contributed by atoms with Gasteiger partial charge in [0.05, 0.1) is 4.47 Å². The highest BCUT2D eigenvalue weighted by Crippen LogP contribution is 2.21. The minimum absolute atomic E-state index is 0.0150. The van der Waals surface area contributed by atoms with Gasteiger partial charge in [-0.25, -0.2) is 4.39 Å². The summed E-state index contributed by atoms with van der Waals surface area (Å²) in [5, 5.41) is 8.47. The highest BCUT2D eigenvalue weighted by Gasteiger charge is 2.10. The molecule has 0 spiro atoms. The molecular weight excluding hydrogens is 265 g/mol. The molecule has 0 saturated heterocycles. The number of aliphatic carboxylic acids is 1. The van der Waals surface area contributed by atoms with Gasteiger partial charge in [-0.3, -0.25) is 4.79 Å². The minimum atomic E-state index is -0.900. The maximum atomic E-state index is 13.1. The summed E-state index contributed by atoms with van der Waals surface area (Å²) in [6, 6.07) is 4.12. The molecule has 0 aromatic heterocycles. The highest BCUT2D eigenvalue weighted by atomic mass is 79.9. The molecule has 3 N–H and O–H groups in total. The first-order valence-electron chi connectivity index (χ1n) is 4.43. The second-order valence-electron chi connectivity index (χ2n) is 3.21. The quantitative estimate of drug-likeness (QED) is 0.887. The summed E-state index contributed by atoms with van der Waals surface area (Å²) < 4.78 is 13.5. The number of rotatable bonds is 4. The molecule has 1 aromatic carbocycles. The van der Waals surface area contributed by atoms with Crippen molar-refractivity contribution in [3.8, 4) is 0 Å². The number of nitrogens with two attached hydrogens (primary N) is 1. The van der Waals surface area contributed by atoms with E-state index in [4.69, 9.17) is 10.8 Å². The van der Waals surface area contributed by atoms with E-state index >= 15 is 0 Å². The van der Waals surface area contributed by atoms with E-state index in [0.29, 0.717) is 16.5 Å². The van der Waals surface area contributed by atoms with Crippen molar-refractivity contribution >= 4 is 21.9 Å². The van der Waals surface area contributed by atoms with Crippen LogP contribution in [0, 0.1) is 5.82 Å². The van der Waals surface area contributed by atoms with Crippen LogP contribution in [0.4, 0.5) is 4.39 Å². The second-order valence-corrected chi connectivity index (χ2v) is 4.07. The average Bonchev–Trinajstić information content (AvgIpc) is 2.18. The molecule has 0 amide bonds. The second kappa shape index (κ2) is 5.23. The number of carboxylic acids is 1. The van der Waals surface area contributed by atoms with Crippen molar-refractivity contribution in [2.45, 2.75) is 18.9 Å². The van der Waals surface area contributed by atoms with E-state index in [2.05, 4.69) is 15.9 Å². The topological polar surface area (TPSA) is 63.3 Å². The number of hydrogen-bond donors (Lipinski definition) is 2. The molecular formula is C10H11BrFNO2. The Bertz CT molecular complexity index is 370. The van der Waals surface area contributed by atoms with Crippen LogP contribution in [-0.4, -0.2) is 11.1 Å². The lowest BCUT2D eigenvalue weighted by Crippen LogP contribution is -2.12. The number of halogens is 2. The SMILES string of the molecule is NC(CCC(=O)O)c1ccc(Br)c(F)c1. The van der Waals surface area contributed by atoms with Crippen molar-refractivity contribution in [3.63, 3.8) is 0 Å². The summed E-state index contributed by atoms with van der Waals surface area (Å²) in [5.74, 6) is -1.29. The summed E-state index contributed by atoms with van der Waals surface area (Å²) >= 11 is 3.03. The summed E-state index contributed by atoms with van der Waals surface area (Å²) in [6.07, 6.45) is 0.287. The molecule has 0 fully saturated rings. The molecule has 0 radical (unpaired) electrons. The third-order valence-electron chi connectivity index (χ3n) is 2.04. The summed E-state index contributed by atoms with van der Waals surface area (Å²) in [7, 11) is 0. The van der Waals surface area contributed by atoms with Gasteiger partial charge in [0.25, 0.3) is 0 Å². The normalized spacial score (nSPS) is 12.5. The van der Waals surface area contributed by atoms with Crippen LogP contribution in [0.2, 0.25) is 0 Å². The van der Waals surface area contributed by atoms with Crippen molar-refractivity contribution in [1.82, 2.24) is 0 Å². The Morgan fingerprint density at radius 2 is 2.27 bits per heavy atom. The van der Waals surface area contributed by atoms with Crippen LogP contribution < -0.4 is 5.73 Å². The molecule has 1 atom stereocenters. The lowest BCUT2D eigenvalue weighted by Gasteiger charge is -2.10. The molecule has 0 aliphatic carbocycles. The fourth-order valence-corrected chi connectivity index (χ4v) is 1.44. The zero-order valence-corrected chi connectivity index (χ0v) is 9.50. The molecule has 1 aromatic rings. The molecule has 0 bridgehead atoms. The van der Waals surface area contributed by atoms with Gasteiger partial charge in [0.1, 0.15) is 5.82 Å². The molecule has 1 unspecified atom stereocenters. The van der Waals surface area contributed by atoms with E-state index in [9.17, 15) is 9.18 Å². The molecule has 5 heteroatoms. The van der Waals surface area contributed by atoms with E-state index in [1.54, 1.807) is 12.1 Å². The van der Waals surface area contributed by atoms with Gasteiger partial charge in [0, 0.05) is 12.5 Å². The third kappa shape index (κ3) is 3.60. The zero-order valence-electron chi connectivity index (χ0n) is 7.91. The van der Waals surface area contributed by atoms with Gasteiger partial charge in [-0.1, -0.05) is 6.07 Å². The molecule has 15 heavy (non-hydrogen) atoms. The largest absolute Gasteiger partial charge is 0.481 e. The fraction of sp³-hybridized carbons (Fsp3) is 0.300. The van der Waals surface area contributed by atoms with Crippen molar-refractivity contribution < 1.29 is 14.3 Å². The Balaban J connectivity index is 2.69. The Morgan fingerprint density at radius 1 is 1.60 bits per heavy atom. The molecule has 0 aliphatic heterocycles. The van der Waals surface area contributed by atoms with Gasteiger partial charge in [-0.2, -0.15) is 0 Å². The number of carboxylic acid groups (broad SMARTS) is 1. The predicted octanol–water partition coefficient (Wildman–Crippen LogP) is 2.45. The highest BCUT2D eigenvalue weighted by molar-refractivity contribution is 9.10. The molecule has 3 nitrogen and oxygen atoms in total. The average molecular weight is 276 g/mol. The van der Waals surface area contributed by atoms with E-state index in [1.807, 2.05) is 0 Å². The minimum Gasteiger partial charge on any atom is -0.481 e. The van der Waals surface area contributed by atoms with Gasteiger partial charge in [0.2, 0.25) is 0 Å². The Hall–Kier alpha value is -0.940. The van der Waals surface area contributed by atoms with Crippen LogP contribution in [0.3, 0.4) is 0 Å². The molecule has 0 heterocycles. The first-order chi connectivity index (χ1) is 7.00. The standard InChI is InChI=1S/C10H11BrFNO2/c11-7-2-1-6(5-8(7)12)9(13)3-4-10(14)15/h1-2,5,9H,3-4,13H2,(H,14,15). The van der Waals surface area contributed by atoms with Crippen LogP contribution in [0.5, 0.6) is 0 Å². The van der Waals surface area contributed by atoms with Crippen LogP contribution in [0.25, 0.3) is 0 Å². The lowest BCUT2D eigenvalue weighted by molar-refractivity contribution is -0.137. The Labute approximate surface area is 95.2 Å². The van der Waals surface area contributed by atoms with Crippen LogP contribution in [0.1, 0.15) is 24.4 Å². The van der Waals surface area contributed by atoms with Crippen molar-refractivity contribution in [1.29, 1.82) is 0 Å². The molecule has 0 aliphatic rings. The summed E-state index contributed by atoms with van der Waals surface area (Å²) in [5.41, 5.74) is 6.33. The van der Waals surface area contributed by atoms with E-state index < -0.39 is 17.8 Å². The van der Waals surface area contributed by atoms with E-state index in [0.717, 1.165) is 0 Å². The maximum absolute atomic E-state index is 13.1. The summed E-state index contributed by atoms with van der Waals surface area (Å²) in [4.78, 5) is 10.3. The van der Waals surface area contributed by atoms with E-state index in [-0.39, 0.29) is 6.42 Å². The van der Waals surface area contributed by atoms with Crippen LogP contribution in [0.15, 0.2) is 22.7 Å². The smallest absolute Gasteiger partial charge is 0.303 e. The third-order valence-corrected chi connectivity index (χ3v) is 2.68.